The molecule has 9 aromatic carbocycles. The van der Waals surface area contributed by atoms with E-state index in [2.05, 4.69) is 143 Å². The zero-order chi connectivity index (χ0) is 45.0. The van der Waals surface area contributed by atoms with Gasteiger partial charge in [-0.05, 0) is 84.9 Å². The third-order valence-corrected chi connectivity index (χ3v) is 15.5. The third kappa shape index (κ3) is 5.71. The fourth-order valence-electron chi connectivity index (χ4n) is 10.2. The van der Waals surface area contributed by atoms with Gasteiger partial charge in [0.05, 0.1) is 56.7 Å². The summed E-state index contributed by atoms with van der Waals surface area (Å²) < 4.78 is 9.50. The maximum atomic E-state index is 10.5. The predicted octanol–water partition coefficient (Wildman–Crippen LogP) is 15.5. The predicted molar refractivity (Wildman–Crippen MR) is 280 cm³/mol. The summed E-state index contributed by atoms with van der Waals surface area (Å²) in [5, 5.41) is 30.3. The molecule has 0 atom stereocenters. The Balaban J connectivity index is 1.06. The van der Waals surface area contributed by atoms with E-state index in [9.17, 15) is 10.5 Å². The van der Waals surface area contributed by atoms with Gasteiger partial charge in [-0.15, -0.1) is 22.7 Å². The molecule has 5 heterocycles. The van der Waals surface area contributed by atoms with E-state index in [0.29, 0.717) is 39.7 Å². The van der Waals surface area contributed by atoms with Gasteiger partial charge < -0.3 is 9.13 Å². The van der Waals surface area contributed by atoms with Crippen molar-refractivity contribution in [3.05, 3.63) is 199 Å². The normalized spacial score (nSPS) is 11.8. The lowest BCUT2D eigenvalue weighted by atomic mass is 10.1. The molecular formula is C59H31N7S2. The van der Waals surface area contributed by atoms with Crippen LogP contribution >= 0.6 is 22.7 Å². The number of thiophene rings is 2. The number of benzene rings is 9. The molecule has 7 nitrogen and oxygen atoms in total. The van der Waals surface area contributed by atoms with Gasteiger partial charge in [0.1, 0.15) is 0 Å². The maximum absolute atomic E-state index is 10.5. The smallest absolute Gasteiger partial charge is 0.166 e. The lowest BCUT2D eigenvalue weighted by Gasteiger charge is -2.17. The molecule has 0 N–H and O–H groups in total. The van der Waals surface area contributed by atoms with Crippen molar-refractivity contribution in [3.8, 4) is 57.7 Å². The SMILES string of the molecule is N#Cc1ccc(-n2c3ccccc3c3cc4sc5ccccc5c4cc32)c(-c2nc(-c3ccccc3)nc(-c3cc(C#N)ccc3-n3c4ccccc4c4cc5sc6ccccc6c5cc43)n2)c1. The Kier molecular flexibility index (Phi) is 8.31. The van der Waals surface area contributed by atoms with Gasteiger partial charge >= 0.3 is 0 Å². The van der Waals surface area contributed by atoms with Crippen LogP contribution in [0.15, 0.2) is 188 Å². The van der Waals surface area contributed by atoms with Crippen molar-refractivity contribution in [2.75, 3.05) is 0 Å². The summed E-state index contributed by atoms with van der Waals surface area (Å²) in [5.41, 5.74) is 8.87. The number of nitriles is 2. The van der Waals surface area contributed by atoms with E-state index in [1.165, 1.54) is 40.3 Å². The van der Waals surface area contributed by atoms with Crippen molar-refractivity contribution in [3.63, 3.8) is 0 Å². The second-order valence-corrected chi connectivity index (χ2v) is 19.2. The first-order valence-electron chi connectivity index (χ1n) is 22.2. The fourth-order valence-corrected chi connectivity index (χ4v) is 12.4. The Labute approximate surface area is 395 Å². The molecule has 0 saturated carbocycles. The molecule has 0 spiro atoms. The van der Waals surface area contributed by atoms with E-state index in [0.717, 1.165) is 60.5 Å². The summed E-state index contributed by atoms with van der Waals surface area (Å²) in [6, 6.07) is 69.5. The fraction of sp³-hybridized carbons (Fsp3) is 0. The van der Waals surface area contributed by atoms with Gasteiger partial charge in [0.15, 0.2) is 17.5 Å². The zero-order valence-electron chi connectivity index (χ0n) is 35.8. The molecule has 0 aliphatic carbocycles. The van der Waals surface area contributed by atoms with Crippen molar-refractivity contribution in [1.82, 2.24) is 24.1 Å². The van der Waals surface area contributed by atoms with Crippen molar-refractivity contribution >= 4 is 107 Å². The van der Waals surface area contributed by atoms with Gasteiger partial charge in [-0.25, -0.2) is 15.0 Å². The Hall–Kier alpha value is -8.99. The highest BCUT2D eigenvalue weighted by atomic mass is 32.1. The first kappa shape index (κ1) is 38.3. The number of para-hydroxylation sites is 2. The van der Waals surface area contributed by atoms with E-state index in [1.807, 2.05) is 66.7 Å². The third-order valence-electron chi connectivity index (χ3n) is 13.2. The highest BCUT2D eigenvalue weighted by molar-refractivity contribution is 7.26. The Bertz CT molecular complexity index is 4270. The number of rotatable bonds is 5. The molecule has 0 saturated heterocycles. The summed E-state index contributed by atoms with van der Waals surface area (Å²) in [7, 11) is 0. The molecule has 14 aromatic rings. The van der Waals surface area contributed by atoms with Gasteiger partial charge in [-0.1, -0.05) is 103 Å². The lowest BCUT2D eigenvalue weighted by molar-refractivity contribution is 1.06. The van der Waals surface area contributed by atoms with Crippen molar-refractivity contribution in [1.29, 1.82) is 10.5 Å². The van der Waals surface area contributed by atoms with Crippen LogP contribution in [0.3, 0.4) is 0 Å². The second kappa shape index (κ2) is 14.8. The summed E-state index contributed by atoms with van der Waals surface area (Å²) in [6.45, 7) is 0. The average molecular weight is 902 g/mol. The van der Waals surface area contributed by atoms with Crippen LogP contribution in [0.5, 0.6) is 0 Å². The first-order valence-corrected chi connectivity index (χ1v) is 23.8. The summed E-state index contributed by atoms with van der Waals surface area (Å²) >= 11 is 3.61. The lowest BCUT2D eigenvalue weighted by Crippen LogP contribution is -2.06. The van der Waals surface area contributed by atoms with Gasteiger partial charge in [-0.2, -0.15) is 10.5 Å². The minimum absolute atomic E-state index is 0.399. The average Bonchev–Trinajstić information content (AvgIpc) is 4.14. The van der Waals surface area contributed by atoms with Crippen LogP contribution in [-0.4, -0.2) is 24.1 Å². The highest BCUT2D eigenvalue weighted by Gasteiger charge is 2.24. The molecule has 0 amide bonds. The number of aromatic nitrogens is 5. The van der Waals surface area contributed by atoms with Crippen LogP contribution in [0.4, 0.5) is 0 Å². The molecule has 314 valence electrons. The van der Waals surface area contributed by atoms with E-state index < -0.39 is 0 Å². The van der Waals surface area contributed by atoms with Crippen molar-refractivity contribution < 1.29 is 0 Å². The largest absolute Gasteiger partial charge is 0.308 e. The minimum Gasteiger partial charge on any atom is -0.308 e. The molecule has 0 unspecified atom stereocenters. The summed E-state index contributed by atoms with van der Waals surface area (Å²) in [6.07, 6.45) is 0. The Morgan fingerprint density at radius 2 is 0.765 bits per heavy atom. The number of hydrogen-bond acceptors (Lipinski definition) is 7. The van der Waals surface area contributed by atoms with Crippen LogP contribution in [0.2, 0.25) is 0 Å². The monoisotopic (exact) mass is 901 g/mol. The molecule has 9 heteroatoms. The number of nitrogens with zero attached hydrogens (tertiary/aromatic N) is 7. The van der Waals surface area contributed by atoms with Gasteiger partial charge in [0, 0.05) is 78.6 Å². The van der Waals surface area contributed by atoms with Gasteiger partial charge in [0.25, 0.3) is 0 Å². The van der Waals surface area contributed by atoms with Crippen LogP contribution in [-0.2, 0) is 0 Å². The molecular weight excluding hydrogens is 871 g/mol. The van der Waals surface area contributed by atoms with Crippen LogP contribution < -0.4 is 0 Å². The molecule has 68 heavy (non-hydrogen) atoms. The van der Waals surface area contributed by atoms with Crippen LogP contribution in [0, 0.1) is 22.7 Å². The Morgan fingerprint density at radius 1 is 0.338 bits per heavy atom. The van der Waals surface area contributed by atoms with Crippen LogP contribution in [0.1, 0.15) is 11.1 Å². The number of hydrogen-bond donors (Lipinski definition) is 0. The molecule has 0 aliphatic rings. The Morgan fingerprint density at radius 3 is 1.25 bits per heavy atom. The highest BCUT2D eigenvalue weighted by Crippen LogP contribution is 2.44. The molecule has 14 rings (SSSR count). The quantitative estimate of drug-likeness (QED) is 0.171. The number of fused-ring (bicyclic) bond motifs is 12. The second-order valence-electron chi connectivity index (χ2n) is 17.0. The summed E-state index contributed by atoms with van der Waals surface area (Å²) in [4.78, 5) is 15.9. The molecule has 0 aliphatic heterocycles. The van der Waals surface area contributed by atoms with E-state index >= 15 is 0 Å². The van der Waals surface area contributed by atoms with E-state index in [4.69, 9.17) is 15.0 Å². The molecule has 5 aromatic heterocycles. The topological polar surface area (TPSA) is 96.1 Å². The molecule has 0 fully saturated rings. The standard InChI is InChI=1S/C59H31N7S2/c60-32-34-22-24-49(65-47-18-8-4-14-37(47)41-30-55-43(28-51(41)65)39-16-6-10-20-53(39)67-55)45(26-34)58-62-57(36-12-2-1-3-13-36)63-59(64-58)46-27-35(33-61)23-25-50(46)66-48-19-9-5-15-38(48)42-31-56-44(29-52(42)66)40-17-7-11-21-54(40)68-56/h1-31H. The van der Waals surface area contributed by atoms with Gasteiger partial charge in [0.2, 0.25) is 0 Å². The van der Waals surface area contributed by atoms with E-state index in [-0.39, 0.29) is 0 Å². The van der Waals surface area contributed by atoms with Gasteiger partial charge in [-0.3, -0.25) is 0 Å². The maximum Gasteiger partial charge on any atom is 0.166 e. The molecule has 0 bridgehead atoms. The zero-order valence-corrected chi connectivity index (χ0v) is 37.5. The first-order chi connectivity index (χ1) is 33.6. The molecule has 0 radical (unpaired) electrons. The van der Waals surface area contributed by atoms with E-state index in [1.54, 1.807) is 22.7 Å². The van der Waals surface area contributed by atoms with Crippen molar-refractivity contribution in [2.24, 2.45) is 0 Å². The summed E-state index contributed by atoms with van der Waals surface area (Å²) in [5.74, 6) is 1.27. The minimum atomic E-state index is 0.399. The van der Waals surface area contributed by atoms with Crippen LogP contribution in [0.25, 0.3) is 129 Å². The van der Waals surface area contributed by atoms with Crippen molar-refractivity contribution in [2.45, 2.75) is 0 Å².